The molecule has 4 N–H and O–H groups in total. The number of rotatable bonds is 2. The van der Waals surface area contributed by atoms with E-state index >= 15 is 0 Å². The minimum Gasteiger partial charge on any atom is -0.481 e. The third-order valence-electron chi connectivity index (χ3n) is 4.32. The van der Waals surface area contributed by atoms with Gasteiger partial charge in [-0.1, -0.05) is 34.6 Å². The van der Waals surface area contributed by atoms with Crippen LogP contribution in [0.5, 0.6) is 0 Å². The minimum atomic E-state index is -1.43. The van der Waals surface area contributed by atoms with Gasteiger partial charge in [0.2, 0.25) is 0 Å². The second-order valence-electron chi connectivity index (χ2n) is 7.05. The van der Waals surface area contributed by atoms with E-state index in [1.165, 1.54) is 0 Å². The van der Waals surface area contributed by atoms with Crippen molar-refractivity contribution in [3.63, 3.8) is 0 Å². The van der Waals surface area contributed by atoms with Crippen LogP contribution in [-0.2, 0) is 4.79 Å². The van der Waals surface area contributed by atoms with Crippen LogP contribution in [-0.4, -0.2) is 44.7 Å². The average Bonchev–Trinajstić information content (AvgIpc) is 2.22. The molecule has 0 radical (unpaired) electrons. The highest BCUT2D eigenvalue weighted by Crippen LogP contribution is 2.48. The molecule has 6 atom stereocenters. The summed E-state index contributed by atoms with van der Waals surface area (Å²) in [6.45, 7) is 9.52. The van der Waals surface area contributed by atoms with Crippen molar-refractivity contribution in [3.05, 3.63) is 0 Å². The number of aliphatic hydroxyl groups excluding tert-OH is 3. The molecule has 0 aromatic heterocycles. The molecule has 0 heterocycles. The molecule has 1 fully saturated rings. The lowest BCUT2D eigenvalue weighted by molar-refractivity contribution is -0.200. The Morgan fingerprint density at radius 2 is 1.47 bits per heavy atom. The van der Waals surface area contributed by atoms with E-state index in [4.69, 9.17) is 0 Å². The van der Waals surface area contributed by atoms with Gasteiger partial charge in [-0.2, -0.15) is 0 Å². The number of aliphatic carboxylic acids is 1. The molecule has 0 aliphatic heterocycles. The first-order valence-corrected chi connectivity index (χ1v) is 6.77. The second kappa shape index (κ2) is 5.38. The normalized spacial score (nSPS) is 40.5. The summed E-state index contributed by atoms with van der Waals surface area (Å²) in [5, 5.41) is 39.5. The molecule has 0 aromatic rings. The summed E-state index contributed by atoms with van der Waals surface area (Å²) < 4.78 is 0. The maximum absolute atomic E-state index is 11.5. The van der Waals surface area contributed by atoms with Crippen molar-refractivity contribution >= 4 is 5.97 Å². The van der Waals surface area contributed by atoms with Gasteiger partial charge in [-0.15, -0.1) is 0 Å². The zero-order valence-corrected chi connectivity index (χ0v) is 12.2. The standard InChI is InChI=1S/C14H26O5/c1-6(2)7-8(13(18)19)10(15)12(17)11(16)9(7)14(3,4)5/h6-12,15-17H,1-5H3,(H,18,19). The molecule has 5 nitrogen and oxygen atoms in total. The third-order valence-corrected chi connectivity index (χ3v) is 4.32. The summed E-state index contributed by atoms with van der Waals surface area (Å²) in [5.41, 5.74) is -0.358. The van der Waals surface area contributed by atoms with Crippen molar-refractivity contribution in [2.45, 2.75) is 52.9 Å². The van der Waals surface area contributed by atoms with Crippen LogP contribution in [0.25, 0.3) is 0 Å². The van der Waals surface area contributed by atoms with Gasteiger partial charge in [0.1, 0.15) is 6.10 Å². The van der Waals surface area contributed by atoms with Crippen molar-refractivity contribution in [1.82, 2.24) is 0 Å². The fraction of sp³-hybridized carbons (Fsp3) is 0.929. The Morgan fingerprint density at radius 1 is 1.00 bits per heavy atom. The largest absolute Gasteiger partial charge is 0.481 e. The van der Waals surface area contributed by atoms with Gasteiger partial charge in [0, 0.05) is 0 Å². The maximum Gasteiger partial charge on any atom is 0.309 e. The molecule has 0 amide bonds. The molecule has 5 heteroatoms. The molecule has 0 saturated heterocycles. The van der Waals surface area contributed by atoms with Crippen molar-refractivity contribution in [2.24, 2.45) is 29.1 Å². The lowest BCUT2D eigenvalue weighted by Gasteiger charge is -2.51. The molecule has 0 spiro atoms. The molecule has 0 bridgehead atoms. The summed E-state index contributed by atoms with van der Waals surface area (Å²) in [6.07, 6.45) is -3.96. The quantitative estimate of drug-likeness (QED) is 0.595. The van der Waals surface area contributed by atoms with E-state index in [0.717, 1.165) is 0 Å². The Hall–Kier alpha value is -0.650. The van der Waals surface area contributed by atoms with Crippen LogP contribution in [0.4, 0.5) is 0 Å². The molecular formula is C14H26O5. The van der Waals surface area contributed by atoms with E-state index in [9.17, 15) is 25.2 Å². The molecule has 19 heavy (non-hydrogen) atoms. The Balaban J connectivity index is 3.30. The van der Waals surface area contributed by atoms with Gasteiger partial charge in [0.25, 0.3) is 0 Å². The maximum atomic E-state index is 11.5. The van der Waals surface area contributed by atoms with Crippen LogP contribution >= 0.6 is 0 Å². The van der Waals surface area contributed by atoms with Gasteiger partial charge in [-0.05, 0) is 23.2 Å². The number of carboxylic acids is 1. The fourth-order valence-corrected chi connectivity index (χ4v) is 3.54. The number of carbonyl (C=O) groups is 1. The third kappa shape index (κ3) is 2.93. The van der Waals surface area contributed by atoms with E-state index < -0.39 is 30.2 Å². The Labute approximate surface area is 114 Å². The summed E-state index contributed by atoms with van der Waals surface area (Å²) in [5.74, 6) is -2.95. The zero-order chi connectivity index (χ0) is 15.1. The van der Waals surface area contributed by atoms with E-state index in [1.54, 1.807) is 0 Å². The van der Waals surface area contributed by atoms with Crippen molar-refractivity contribution in [2.75, 3.05) is 0 Å². The van der Waals surface area contributed by atoms with Crippen molar-refractivity contribution in [3.8, 4) is 0 Å². The van der Waals surface area contributed by atoms with Crippen LogP contribution < -0.4 is 0 Å². The molecule has 1 rings (SSSR count). The van der Waals surface area contributed by atoms with Crippen LogP contribution in [0.3, 0.4) is 0 Å². The van der Waals surface area contributed by atoms with Crippen LogP contribution in [0.1, 0.15) is 34.6 Å². The fourth-order valence-electron chi connectivity index (χ4n) is 3.54. The van der Waals surface area contributed by atoms with Gasteiger partial charge in [-0.25, -0.2) is 0 Å². The van der Waals surface area contributed by atoms with Crippen molar-refractivity contribution in [1.29, 1.82) is 0 Å². The Morgan fingerprint density at radius 3 is 1.79 bits per heavy atom. The van der Waals surface area contributed by atoms with Gasteiger partial charge in [0.15, 0.2) is 0 Å². The molecule has 112 valence electrons. The van der Waals surface area contributed by atoms with E-state index in [1.807, 2.05) is 34.6 Å². The molecule has 1 aliphatic rings. The van der Waals surface area contributed by atoms with Gasteiger partial charge in [-0.3, -0.25) is 4.79 Å². The first-order chi connectivity index (χ1) is 8.50. The SMILES string of the molecule is CC(C)C1C(C(=O)O)C(O)C(O)C(O)C1C(C)(C)C. The number of aliphatic hydroxyl groups is 3. The molecule has 6 unspecified atom stereocenters. The summed E-state index contributed by atoms with van der Waals surface area (Å²) in [4.78, 5) is 11.5. The van der Waals surface area contributed by atoms with E-state index in [-0.39, 0.29) is 23.2 Å². The van der Waals surface area contributed by atoms with Crippen LogP contribution in [0.15, 0.2) is 0 Å². The second-order valence-corrected chi connectivity index (χ2v) is 7.05. The highest BCUT2D eigenvalue weighted by Gasteiger charge is 2.55. The molecule has 1 saturated carbocycles. The zero-order valence-electron chi connectivity index (χ0n) is 12.2. The molecular weight excluding hydrogens is 248 g/mol. The summed E-state index contributed by atoms with van der Waals surface area (Å²) >= 11 is 0. The Kier molecular flexibility index (Phi) is 4.65. The van der Waals surface area contributed by atoms with E-state index in [0.29, 0.717) is 0 Å². The first-order valence-electron chi connectivity index (χ1n) is 6.77. The van der Waals surface area contributed by atoms with Crippen molar-refractivity contribution < 1.29 is 25.2 Å². The number of hydrogen-bond acceptors (Lipinski definition) is 4. The van der Waals surface area contributed by atoms with Crippen LogP contribution in [0, 0.1) is 29.1 Å². The average molecular weight is 274 g/mol. The molecule has 0 aromatic carbocycles. The predicted octanol–water partition coefficient (Wildman–Crippen LogP) is 0.718. The van der Waals surface area contributed by atoms with Gasteiger partial charge in [0.05, 0.1) is 18.1 Å². The highest BCUT2D eigenvalue weighted by molar-refractivity contribution is 5.71. The molecule has 1 aliphatic carbocycles. The number of hydrogen-bond donors (Lipinski definition) is 4. The summed E-state index contributed by atoms with van der Waals surface area (Å²) in [6, 6.07) is 0. The monoisotopic (exact) mass is 274 g/mol. The first kappa shape index (κ1) is 16.4. The number of carboxylic acid groups (broad SMARTS) is 1. The topological polar surface area (TPSA) is 98.0 Å². The Bertz CT molecular complexity index is 333. The lowest BCUT2D eigenvalue weighted by atomic mass is 9.56. The minimum absolute atomic E-state index is 0.0119. The smallest absolute Gasteiger partial charge is 0.309 e. The summed E-state index contributed by atoms with van der Waals surface area (Å²) in [7, 11) is 0. The lowest BCUT2D eigenvalue weighted by Crippen LogP contribution is -2.61. The highest BCUT2D eigenvalue weighted by atomic mass is 16.4. The van der Waals surface area contributed by atoms with E-state index in [2.05, 4.69) is 0 Å². The predicted molar refractivity (Wildman–Crippen MR) is 70.4 cm³/mol. The van der Waals surface area contributed by atoms with Gasteiger partial charge >= 0.3 is 5.97 Å². The van der Waals surface area contributed by atoms with Gasteiger partial charge < -0.3 is 20.4 Å². The van der Waals surface area contributed by atoms with Crippen LogP contribution in [0.2, 0.25) is 0 Å².